The number of nitrogens with zero attached hydrogens (tertiary/aromatic N) is 4. The van der Waals surface area contributed by atoms with E-state index in [4.69, 9.17) is 0 Å². The molecule has 3 rings (SSSR count). The third-order valence-electron chi connectivity index (χ3n) is 3.81. The molecule has 2 atom stereocenters. The normalized spacial score (nSPS) is 21.7. The topological polar surface area (TPSA) is 95.0 Å². The molecule has 0 spiro atoms. The van der Waals surface area contributed by atoms with Gasteiger partial charge >= 0.3 is 0 Å². The lowest BCUT2D eigenvalue weighted by Gasteiger charge is -2.15. The van der Waals surface area contributed by atoms with Gasteiger partial charge in [-0.3, -0.25) is 14.8 Å². The summed E-state index contributed by atoms with van der Waals surface area (Å²) < 4.78 is 0. The van der Waals surface area contributed by atoms with E-state index >= 15 is 0 Å². The Labute approximate surface area is 122 Å². The van der Waals surface area contributed by atoms with E-state index in [1.54, 1.807) is 23.5 Å². The van der Waals surface area contributed by atoms with Crippen molar-refractivity contribution in [2.45, 2.75) is 19.4 Å². The van der Waals surface area contributed by atoms with Crippen LogP contribution in [0.15, 0.2) is 24.9 Å². The number of aliphatic hydroxyl groups excluding tert-OH is 1. The molecule has 110 valence electrons. The quantitative estimate of drug-likeness (QED) is 0.840. The number of hydrogen-bond acceptors (Lipinski definition) is 5. The lowest BCUT2D eigenvalue weighted by atomic mass is 10.0. The summed E-state index contributed by atoms with van der Waals surface area (Å²) in [4.78, 5) is 29.2. The maximum Gasteiger partial charge on any atom is 0.274 e. The van der Waals surface area contributed by atoms with Crippen LogP contribution in [0.5, 0.6) is 0 Å². The van der Waals surface area contributed by atoms with Crippen LogP contribution in [0.2, 0.25) is 0 Å². The number of carbonyl (C=O) groups is 1. The fraction of sp³-hybridized carbons (Fsp3) is 0.429. The SMILES string of the molecule is Cc1[nH]cnc1C(=O)N1C[C@@H](Cc2cnccn2)[C@H](O)C1. The Bertz CT molecular complexity index is 627. The number of β-amino-alcohol motifs (C(OH)–C–C–N with tert-alkyl or cyclic N) is 1. The van der Waals surface area contributed by atoms with Gasteiger partial charge in [-0.25, -0.2) is 4.98 Å². The first-order valence-corrected chi connectivity index (χ1v) is 6.87. The highest BCUT2D eigenvalue weighted by Crippen LogP contribution is 2.22. The fourth-order valence-electron chi connectivity index (χ4n) is 2.65. The third-order valence-corrected chi connectivity index (χ3v) is 3.81. The van der Waals surface area contributed by atoms with E-state index in [0.717, 1.165) is 11.4 Å². The molecule has 1 saturated heterocycles. The van der Waals surface area contributed by atoms with Crippen molar-refractivity contribution >= 4 is 5.91 Å². The van der Waals surface area contributed by atoms with E-state index in [0.29, 0.717) is 25.2 Å². The van der Waals surface area contributed by atoms with Gasteiger partial charge in [-0.15, -0.1) is 0 Å². The van der Waals surface area contributed by atoms with Crippen LogP contribution in [0.4, 0.5) is 0 Å². The van der Waals surface area contributed by atoms with Gasteiger partial charge in [0, 0.05) is 43.3 Å². The van der Waals surface area contributed by atoms with Gasteiger partial charge in [-0.1, -0.05) is 0 Å². The van der Waals surface area contributed by atoms with Gasteiger partial charge in [0.1, 0.15) is 5.69 Å². The lowest BCUT2D eigenvalue weighted by molar-refractivity contribution is 0.0758. The van der Waals surface area contributed by atoms with Crippen molar-refractivity contribution in [2.24, 2.45) is 5.92 Å². The number of aromatic amines is 1. The highest BCUT2D eigenvalue weighted by molar-refractivity contribution is 5.93. The predicted molar refractivity (Wildman–Crippen MR) is 74.5 cm³/mol. The molecule has 0 bridgehead atoms. The summed E-state index contributed by atoms with van der Waals surface area (Å²) in [5, 5.41) is 10.2. The zero-order valence-electron chi connectivity index (χ0n) is 11.7. The Hall–Kier alpha value is -2.28. The van der Waals surface area contributed by atoms with Gasteiger partial charge in [0.15, 0.2) is 0 Å². The van der Waals surface area contributed by atoms with Gasteiger partial charge in [-0.2, -0.15) is 0 Å². The summed E-state index contributed by atoms with van der Waals surface area (Å²) >= 11 is 0. The number of carbonyl (C=O) groups excluding carboxylic acids is 1. The Kier molecular flexibility index (Phi) is 3.66. The Balaban J connectivity index is 1.69. The second-order valence-corrected chi connectivity index (χ2v) is 5.31. The molecule has 0 aromatic carbocycles. The molecular weight excluding hydrogens is 270 g/mol. The summed E-state index contributed by atoms with van der Waals surface area (Å²) in [5.41, 5.74) is 1.99. The molecule has 1 amide bonds. The first kappa shape index (κ1) is 13.7. The van der Waals surface area contributed by atoms with Gasteiger partial charge in [0.05, 0.1) is 18.1 Å². The number of nitrogens with one attached hydrogen (secondary N) is 1. The maximum atomic E-state index is 12.4. The number of aromatic nitrogens is 4. The molecule has 1 aliphatic rings. The van der Waals surface area contributed by atoms with Crippen LogP contribution in [0, 0.1) is 12.8 Å². The molecule has 2 N–H and O–H groups in total. The maximum absolute atomic E-state index is 12.4. The van der Waals surface area contributed by atoms with Crippen LogP contribution in [0.3, 0.4) is 0 Å². The number of rotatable bonds is 3. The highest BCUT2D eigenvalue weighted by atomic mass is 16.3. The van der Waals surface area contributed by atoms with Crippen LogP contribution < -0.4 is 0 Å². The van der Waals surface area contributed by atoms with Crippen LogP contribution >= 0.6 is 0 Å². The minimum absolute atomic E-state index is 0.0232. The standard InChI is InChI=1S/C14H17N5O2/c1-9-13(18-8-17-9)14(21)19-6-10(12(20)7-19)4-11-5-15-2-3-16-11/h2-3,5,8,10,12,20H,4,6-7H2,1H3,(H,17,18)/t10-,12-/m1/s1. The zero-order chi connectivity index (χ0) is 14.8. The molecule has 3 heterocycles. The number of hydrogen-bond donors (Lipinski definition) is 2. The summed E-state index contributed by atoms with van der Waals surface area (Å²) in [5.74, 6) is -0.167. The number of aryl methyl sites for hydroxylation is 1. The van der Waals surface area contributed by atoms with Crippen molar-refractivity contribution < 1.29 is 9.90 Å². The first-order valence-electron chi connectivity index (χ1n) is 6.87. The summed E-state index contributed by atoms with van der Waals surface area (Å²) in [7, 11) is 0. The Morgan fingerprint density at radius 1 is 1.43 bits per heavy atom. The fourth-order valence-corrected chi connectivity index (χ4v) is 2.65. The van der Waals surface area contributed by atoms with Crippen LogP contribution in [0.1, 0.15) is 21.9 Å². The molecule has 2 aromatic rings. The molecule has 1 aliphatic heterocycles. The number of amides is 1. The van der Waals surface area contributed by atoms with Crippen molar-refractivity contribution in [1.29, 1.82) is 0 Å². The molecule has 0 unspecified atom stereocenters. The highest BCUT2D eigenvalue weighted by Gasteiger charge is 2.35. The number of aliphatic hydroxyl groups is 1. The van der Waals surface area contributed by atoms with Crippen molar-refractivity contribution in [2.75, 3.05) is 13.1 Å². The summed E-state index contributed by atoms with van der Waals surface area (Å²) in [6, 6.07) is 0. The Morgan fingerprint density at radius 3 is 2.95 bits per heavy atom. The van der Waals surface area contributed by atoms with Crippen molar-refractivity contribution in [3.05, 3.63) is 42.0 Å². The van der Waals surface area contributed by atoms with E-state index in [1.165, 1.54) is 6.33 Å². The predicted octanol–water partition coefficient (Wildman–Crippen LogP) is 0.184. The second kappa shape index (κ2) is 5.61. The molecule has 0 radical (unpaired) electrons. The van der Waals surface area contributed by atoms with Gasteiger partial charge in [-0.05, 0) is 13.3 Å². The molecule has 7 heteroatoms. The average molecular weight is 287 g/mol. The van der Waals surface area contributed by atoms with Crippen molar-refractivity contribution in [3.8, 4) is 0 Å². The minimum Gasteiger partial charge on any atom is -0.391 e. The largest absolute Gasteiger partial charge is 0.391 e. The van der Waals surface area contributed by atoms with Gasteiger partial charge in [0.2, 0.25) is 0 Å². The molecule has 21 heavy (non-hydrogen) atoms. The van der Waals surface area contributed by atoms with E-state index in [9.17, 15) is 9.90 Å². The van der Waals surface area contributed by atoms with E-state index in [2.05, 4.69) is 19.9 Å². The lowest BCUT2D eigenvalue weighted by Crippen LogP contribution is -2.30. The Morgan fingerprint density at radius 2 is 2.29 bits per heavy atom. The number of imidazole rings is 1. The van der Waals surface area contributed by atoms with Gasteiger partial charge in [0.25, 0.3) is 5.91 Å². The first-order chi connectivity index (χ1) is 10.1. The van der Waals surface area contributed by atoms with E-state index in [-0.39, 0.29) is 11.8 Å². The summed E-state index contributed by atoms with van der Waals surface area (Å²) in [6.07, 6.45) is 6.51. The van der Waals surface area contributed by atoms with Crippen molar-refractivity contribution in [3.63, 3.8) is 0 Å². The molecule has 2 aromatic heterocycles. The van der Waals surface area contributed by atoms with Crippen molar-refractivity contribution in [1.82, 2.24) is 24.8 Å². The average Bonchev–Trinajstić information content (AvgIpc) is 3.06. The second-order valence-electron chi connectivity index (χ2n) is 5.31. The minimum atomic E-state index is -0.546. The van der Waals surface area contributed by atoms with Crippen LogP contribution in [-0.2, 0) is 6.42 Å². The zero-order valence-corrected chi connectivity index (χ0v) is 11.7. The van der Waals surface area contributed by atoms with Gasteiger partial charge < -0.3 is 15.0 Å². The molecule has 1 fully saturated rings. The number of likely N-dealkylation sites (tertiary alicyclic amines) is 1. The van der Waals surface area contributed by atoms with Crippen LogP contribution in [-0.4, -0.2) is 55.0 Å². The molecule has 0 aliphatic carbocycles. The monoisotopic (exact) mass is 287 g/mol. The third kappa shape index (κ3) is 2.78. The molecule has 7 nitrogen and oxygen atoms in total. The molecular formula is C14H17N5O2. The summed E-state index contributed by atoms with van der Waals surface area (Å²) in [6.45, 7) is 2.64. The smallest absolute Gasteiger partial charge is 0.274 e. The van der Waals surface area contributed by atoms with Crippen LogP contribution in [0.25, 0.3) is 0 Å². The van der Waals surface area contributed by atoms with E-state index < -0.39 is 6.10 Å². The van der Waals surface area contributed by atoms with E-state index in [1.807, 2.05) is 6.92 Å². The number of H-pyrrole nitrogens is 1. The molecule has 0 saturated carbocycles.